The number of hydrogen-bond acceptors (Lipinski definition) is 3. The number of hydrogen-bond donors (Lipinski definition) is 1. The van der Waals surface area contributed by atoms with Gasteiger partial charge in [0.15, 0.2) is 0 Å². The van der Waals surface area contributed by atoms with Crippen LogP contribution in [0.4, 0.5) is 5.69 Å². The van der Waals surface area contributed by atoms with Gasteiger partial charge in [-0.25, -0.2) is 4.98 Å². The van der Waals surface area contributed by atoms with E-state index in [1.807, 2.05) is 24.3 Å². The molecule has 0 spiro atoms. The molecule has 1 aromatic heterocycles. The molecule has 1 aromatic carbocycles. The number of benzene rings is 1. The normalized spacial score (nSPS) is 9.65. The number of nitriles is 1. The molecule has 0 atom stereocenters. The van der Waals surface area contributed by atoms with Gasteiger partial charge in [-0.15, -0.1) is 0 Å². The second-order valence-corrected chi connectivity index (χ2v) is 3.88. The van der Waals surface area contributed by atoms with Crippen LogP contribution in [-0.4, -0.2) is 4.98 Å². The second kappa shape index (κ2) is 5.13. The van der Waals surface area contributed by atoms with Crippen molar-refractivity contribution in [3.05, 3.63) is 59.4 Å². The van der Waals surface area contributed by atoms with E-state index in [4.69, 9.17) is 5.26 Å². The number of pyridine rings is 1. The van der Waals surface area contributed by atoms with E-state index in [-0.39, 0.29) is 0 Å². The molecule has 2 aromatic rings. The summed E-state index contributed by atoms with van der Waals surface area (Å²) >= 11 is 0. The zero-order chi connectivity index (χ0) is 12.1. The number of rotatable bonds is 3. The molecule has 0 saturated carbocycles. The summed E-state index contributed by atoms with van der Waals surface area (Å²) in [6.45, 7) is 2.76. The van der Waals surface area contributed by atoms with E-state index in [2.05, 4.69) is 29.4 Å². The minimum absolute atomic E-state index is 0.452. The van der Waals surface area contributed by atoms with Crippen molar-refractivity contribution in [2.45, 2.75) is 13.5 Å². The molecule has 0 radical (unpaired) electrons. The molecule has 1 N–H and O–H groups in total. The summed E-state index contributed by atoms with van der Waals surface area (Å²) in [6.07, 6.45) is 1.66. The molecule has 0 saturated heterocycles. The van der Waals surface area contributed by atoms with Crippen LogP contribution in [0.3, 0.4) is 0 Å². The largest absolute Gasteiger partial charge is 0.381 e. The van der Waals surface area contributed by atoms with Crippen molar-refractivity contribution in [3.8, 4) is 6.07 Å². The van der Waals surface area contributed by atoms with Crippen molar-refractivity contribution in [1.29, 1.82) is 5.26 Å². The van der Waals surface area contributed by atoms with Crippen LogP contribution in [0.1, 0.15) is 16.8 Å². The number of anilines is 1. The molecule has 84 valence electrons. The Labute approximate surface area is 101 Å². The lowest BCUT2D eigenvalue weighted by atomic mass is 10.2. The van der Waals surface area contributed by atoms with Gasteiger partial charge in [0.1, 0.15) is 11.8 Å². The molecule has 17 heavy (non-hydrogen) atoms. The molecule has 1 heterocycles. The first-order valence-corrected chi connectivity index (χ1v) is 5.43. The molecule has 3 heteroatoms. The van der Waals surface area contributed by atoms with Gasteiger partial charge in [0, 0.05) is 18.4 Å². The Kier molecular flexibility index (Phi) is 3.37. The van der Waals surface area contributed by atoms with E-state index in [0.29, 0.717) is 12.2 Å². The first-order valence-electron chi connectivity index (χ1n) is 5.43. The molecule has 0 aliphatic carbocycles. The molecular weight excluding hydrogens is 210 g/mol. The first-order chi connectivity index (χ1) is 8.28. The summed E-state index contributed by atoms with van der Waals surface area (Å²) in [4.78, 5) is 3.94. The van der Waals surface area contributed by atoms with Crippen molar-refractivity contribution >= 4 is 5.69 Å². The minimum atomic E-state index is 0.452. The predicted molar refractivity (Wildman–Crippen MR) is 67.5 cm³/mol. The maximum atomic E-state index is 8.75. The third-order valence-electron chi connectivity index (χ3n) is 2.45. The van der Waals surface area contributed by atoms with Gasteiger partial charge in [0.05, 0.1) is 0 Å². The standard InChI is InChI=1S/C14H13N3/c1-11-3-2-4-13(7-11)17-10-12-5-6-16-14(8-12)9-15/h2-8,17H,10H2,1H3. The highest BCUT2D eigenvalue weighted by Crippen LogP contribution is 2.11. The maximum Gasteiger partial charge on any atom is 0.140 e. The lowest BCUT2D eigenvalue weighted by molar-refractivity contribution is 1.11. The monoisotopic (exact) mass is 223 g/mol. The summed E-state index contributed by atoms with van der Waals surface area (Å²) in [6, 6.07) is 13.9. The van der Waals surface area contributed by atoms with E-state index >= 15 is 0 Å². The molecule has 0 unspecified atom stereocenters. The van der Waals surface area contributed by atoms with Crippen LogP contribution in [0.5, 0.6) is 0 Å². The molecule has 0 aliphatic rings. The second-order valence-electron chi connectivity index (χ2n) is 3.88. The SMILES string of the molecule is Cc1cccc(NCc2ccnc(C#N)c2)c1. The molecule has 0 bridgehead atoms. The molecule has 2 rings (SSSR count). The summed E-state index contributed by atoms with van der Waals surface area (Å²) < 4.78 is 0. The molecule has 0 amide bonds. The topological polar surface area (TPSA) is 48.7 Å². The lowest BCUT2D eigenvalue weighted by Crippen LogP contribution is -2.00. The van der Waals surface area contributed by atoms with Gasteiger partial charge >= 0.3 is 0 Å². The fourth-order valence-corrected chi connectivity index (χ4v) is 1.60. The van der Waals surface area contributed by atoms with Crippen LogP contribution in [0.2, 0.25) is 0 Å². The average Bonchev–Trinajstić information content (AvgIpc) is 2.37. The van der Waals surface area contributed by atoms with Crippen LogP contribution in [0.25, 0.3) is 0 Å². The Hall–Kier alpha value is -2.34. The predicted octanol–water partition coefficient (Wildman–Crippen LogP) is 2.87. The highest BCUT2D eigenvalue weighted by atomic mass is 14.9. The Balaban J connectivity index is 2.05. The highest BCUT2D eigenvalue weighted by molar-refractivity contribution is 5.46. The number of aryl methyl sites for hydroxylation is 1. The third-order valence-corrected chi connectivity index (χ3v) is 2.45. The molecule has 0 aliphatic heterocycles. The van der Waals surface area contributed by atoms with E-state index in [9.17, 15) is 0 Å². The quantitative estimate of drug-likeness (QED) is 0.870. The highest BCUT2D eigenvalue weighted by Gasteiger charge is 1.97. The van der Waals surface area contributed by atoms with Gasteiger partial charge in [-0.3, -0.25) is 0 Å². The van der Waals surface area contributed by atoms with Crippen molar-refractivity contribution in [2.24, 2.45) is 0 Å². The molecular formula is C14H13N3. The van der Waals surface area contributed by atoms with Crippen molar-refractivity contribution in [2.75, 3.05) is 5.32 Å². The van der Waals surface area contributed by atoms with Crippen LogP contribution < -0.4 is 5.32 Å². The van der Waals surface area contributed by atoms with Gasteiger partial charge in [-0.05, 0) is 42.3 Å². The zero-order valence-electron chi connectivity index (χ0n) is 9.64. The zero-order valence-corrected chi connectivity index (χ0v) is 9.64. The van der Waals surface area contributed by atoms with Gasteiger partial charge in [-0.2, -0.15) is 5.26 Å². The summed E-state index contributed by atoms with van der Waals surface area (Å²) in [7, 11) is 0. The maximum absolute atomic E-state index is 8.75. The first kappa shape index (κ1) is 11.2. The van der Waals surface area contributed by atoms with Gasteiger partial charge in [0.2, 0.25) is 0 Å². The average molecular weight is 223 g/mol. The molecule has 0 fully saturated rings. The Bertz CT molecular complexity index is 555. The molecule has 3 nitrogen and oxygen atoms in total. The fraction of sp³-hybridized carbons (Fsp3) is 0.143. The Morgan fingerprint density at radius 3 is 2.94 bits per heavy atom. The van der Waals surface area contributed by atoms with Gasteiger partial charge in [-0.1, -0.05) is 12.1 Å². The van der Waals surface area contributed by atoms with Crippen molar-refractivity contribution in [1.82, 2.24) is 4.98 Å². The third kappa shape index (κ3) is 3.05. The lowest BCUT2D eigenvalue weighted by Gasteiger charge is -2.07. The van der Waals surface area contributed by atoms with Crippen LogP contribution in [-0.2, 0) is 6.54 Å². The number of nitrogens with zero attached hydrogens (tertiary/aromatic N) is 2. The van der Waals surface area contributed by atoms with E-state index in [1.165, 1.54) is 5.56 Å². The number of nitrogens with one attached hydrogen (secondary N) is 1. The smallest absolute Gasteiger partial charge is 0.140 e. The van der Waals surface area contributed by atoms with Crippen molar-refractivity contribution in [3.63, 3.8) is 0 Å². The minimum Gasteiger partial charge on any atom is -0.381 e. The van der Waals surface area contributed by atoms with Crippen molar-refractivity contribution < 1.29 is 0 Å². The Morgan fingerprint density at radius 1 is 1.29 bits per heavy atom. The van der Waals surface area contributed by atoms with E-state index in [0.717, 1.165) is 11.3 Å². The van der Waals surface area contributed by atoms with E-state index < -0.39 is 0 Å². The van der Waals surface area contributed by atoms with Gasteiger partial charge < -0.3 is 5.32 Å². The summed E-state index contributed by atoms with van der Waals surface area (Å²) in [5, 5.41) is 12.1. The summed E-state index contributed by atoms with van der Waals surface area (Å²) in [5.41, 5.74) is 3.81. The fourth-order valence-electron chi connectivity index (χ4n) is 1.60. The van der Waals surface area contributed by atoms with Crippen LogP contribution in [0.15, 0.2) is 42.6 Å². The van der Waals surface area contributed by atoms with E-state index in [1.54, 1.807) is 12.3 Å². The summed E-state index contributed by atoms with van der Waals surface area (Å²) in [5.74, 6) is 0. The van der Waals surface area contributed by atoms with Gasteiger partial charge in [0.25, 0.3) is 0 Å². The van der Waals surface area contributed by atoms with Crippen LogP contribution >= 0.6 is 0 Å². The number of aromatic nitrogens is 1. The van der Waals surface area contributed by atoms with Crippen LogP contribution in [0, 0.1) is 18.3 Å². The Morgan fingerprint density at radius 2 is 2.18 bits per heavy atom.